The number of hydrogen-bond donors (Lipinski definition) is 1. The van der Waals surface area contributed by atoms with Gasteiger partial charge in [-0.15, -0.1) is 11.8 Å². The van der Waals surface area contributed by atoms with Crippen molar-refractivity contribution in [3.63, 3.8) is 0 Å². The molecule has 2 rings (SSSR count). The molecular weight excluding hydrogens is 280 g/mol. The van der Waals surface area contributed by atoms with Crippen LogP contribution in [-0.4, -0.2) is 23.2 Å². The lowest BCUT2D eigenvalue weighted by Gasteiger charge is -2.04. The normalized spacial score (nSPS) is 10.2. The van der Waals surface area contributed by atoms with Gasteiger partial charge in [-0.25, -0.2) is 0 Å². The van der Waals surface area contributed by atoms with Crippen molar-refractivity contribution in [2.75, 3.05) is 12.3 Å². The van der Waals surface area contributed by atoms with Crippen LogP contribution in [0.1, 0.15) is 10.5 Å². The molecular formula is C14H13ClN2OS. The van der Waals surface area contributed by atoms with Gasteiger partial charge < -0.3 is 5.32 Å². The number of aromatic nitrogens is 1. The molecule has 0 aliphatic carbocycles. The molecule has 0 saturated heterocycles. The summed E-state index contributed by atoms with van der Waals surface area (Å²) in [4.78, 5) is 16.8. The van der Waals surface area contributed by atoms with E-state index < -0.39 is 0 Å². The lowest BCUT2D eigenvalue weighted by atomic mass is 10.3. The van der Waals surface area contributed by atoms with Crippen LogP contribution in [0.4, 0.5) is 0 Å². The van der Waals surface area contributed by atoms with Gasteiger partial charge in [0, 0.05) is 28.4 Å². The smallest absolute Gasteiger partial charge is 0.269 e. The van der Waals surface area contributed by atoms with Gasteiger partial charge >= 0.3 is 0 Å². The summed E-state index contributed by atoms with van der Waals surface area (Å²) >= 11 is 7.48. The second-order valence-electron chi connectivity index (χ2n) is 3.77. The number of benzene rings is 1. The summed E-state index contributed by atoms with van der Waals surface area (Å²) in [5, 5.41) is 3.56. The van der Waals surface area contributed by atoms with Crippen molar-refractivity contribution < 1.29 is 4.79 Å². The first kappa shape index (κ1) is 13.9. The SMILES string of the molecule is O=C(NCCSc1ccc(Cl)cc1)c1ccccn1. The zero-order chi connectivity index (χ0) is 13.5. The van der Waals surface area contributed by atoms with E-state index in [0.717, 1.165) is 15.7 Å². The fourth-order valence-corrected chi connectivity index (χ4v) is 2.35. The van der Waals surface area contributed by atoms with Crippen LogP contribution in [0, 0.1) is 0 Å². The van der Waals surface area contributed by atoms with Gasteiger partial charge in [0.15, 0.2) is 0 Å². The third-order valence-corrected chi connectivity index (χ3v) is 3.63. The molecule has 0 fully saturated rings. The van der Waals surface area contributed by atoms with E-state index >= 15 is 0 Å². The Morgan fingerprint density at radius 3 is 2.68 bits per heavy atom. The van der Waals surface area contributed by atoms with Gasteiger partial charge in [-0.2, -0.15) is 0 Å². The van der Waals surface area contributed by atoms with Gasteiger partial charge in [0.2, 0.25) is 0 Å². The molecule has 2 aromatic rings. The topological polar surface area (TPSA) is 42.0 Å². The maximum atomic E-state index is 11.7. The predicted octanol–water partition coefficient (Wildman–Crippen LogP) is 3.26. The minimum absolute atomic E-state index is 0.141. The molecule has 0 atom stereocenters. The number of carbonyl (C=O) groups excluding carboxylic acids is 1. The minimum atomic E-state index is -0.141. The Morgan fingerprint density at radius 2 is 2.00 bits per heavy atom. The minimum Gasteiger partial charge on any atom is -0.350 e. The van der Waals surface area contributed by atoms with Crippen LogP contribution in [0.3, 0.4) is 0 Å². The van der Waals surface area contributed by atoms with E-state index in [0.29, 0.717) is 12.2 Å². The molecule has 0 saturated carbocycles. The van der Waals surface area contributed by atoms with Crippen molar-refractivity contribution in [2.24, 2.45) is 0 Å². The maximum Gasteiger partial charge on any atom is 0.269 e. The molecule has 1 amide bonds. The standard InChI is InChI=1S/C14H13ClN2OS/c15-11-4-6-12(7-5-11)19-10-9-17-14(18)13-3-1-2-8-16-13/h1-8H,9-10H2,(H,17,18). The highest BCUT2D eigenvalue weighted by molar-refractivity contribution is 7.99. The van der Waals surface area contributed by atoms with Crippen molar-refractivity contribution in [1.82, 2.24) is 10.3 Å². The third-order valence-electron chi connectivity index (χ3n) is 2.37. The van der Waals surface area contributed by atoms with E-state index in [1.165, 1.54) is 0 Å². The molecule has 98 valence electrons. The molecule has 0 bridgehead atoms. The lowest BCUT2D eigenvalue weighted by molar-refractivity contribution is 0.0951. The molecule has 0 aliphatic rings. The molecule has 0 unspecified atom stereocenters. The molecule has 1 aromatic carbocycles. The zero-order valence-corrected chi connectivity index (χ0v) is 11.7. The van der Waals surface area contributed by atoms with Gasteiger partial charge in [0.1, 0.15) is 5.69 Å². The summed E-state index contributed by atoms with van der Waals surface area (Å²) in [5.74, 6) is 0.664. The Bertz CT molecular complexity index is 531. The Hall–Kier alpha value is -1.52. The summed E-state index contributed by atoms with van der Waals surface area (Å²) < 4.78 is 0. The Balaban J connectivity index is 1.72. The Morgan fingerprint density at radius 1 is 1.21 bits per heavy atom. The van der Waals surface area contributed by atoms with E-state index in [4.69, 9.17) is 11.6 Å². The predicted molar refractivity (Wildman–Crippen MR) is 78.7 cm³/mol. The number of pyridine rings is 1. The number of nitrogens with one attached hydrogen (secondary N) is 1. The average Bonchev–Trinajstić information content (AvgIpc) is 2.46. The van der Waals surface area contributed by atoms with Gasteiger partial charge in [-0.1, -0.05) is 17.7 Å². The maximum absolute atomic E-state index is 11.7. The summed E-state index contributed by atoms with van der Waals surface area (Å²) in [6.07, 6.45) is 1.61. The molecule has 0 aliphatic heterocycles. The van der Waals surface area contributed by atoms with Crippen LogP contribution < -0.4 is 5.32 Å². The monoisotopic (exact) mass is 292 g/mol. The molecule has 0 spiro atoms. The van der Waals surface area contributed by atoms with Crippen LogP contribution in [0.25, 0.3) is 0 Å². The van der Waals surface area contributed by atoms with Gasteiger partial charge in [0.25, 0.3) is 5.91 Å². The molecule has 1 heterocycles. The van der Waals surface area contributed by atoms with E-state index in [9.17, 15) is 4.79 Å². The number of amides is 1. The van der Waals surface area contributed by atoms with Crippen LogP contribution in [-0.2, 0) is 0 Å². The van der Waals surface area contributed by atoms with E-state index in [1.807, 2.05) is 24.3 Å². The molecule has 1 N–H and O–H groups in total. The van der Waals surface area contributed by atoms with Gasteiger partial charge in [0.05, 0.1) is 0 Å². The number of thioether (sulfide) groups is 1. The van der Waals surface area contributed by atoms with Gasteiger partial charge in [-0.3, -0.25) is 9.78 Å². The number of hydrogen-bond acceptors (Lipinski definition) is 3. The average molecular weight is 293 g/mol. The fraction of sp³-hybridized carbons (Fsp3) is 0.143. The highest BCUT2D eigenvalue weighted by Gasteiger charge is 2.04. The summed E-state index contributed by atoms with van der Waals surface area (Å²) in [5.41, 5.74) is 0.444. The molecule has 5 heteroatoms. The molecule has 1 aromatic heterocycles. The van der Waals surface area contributed by atoms with Crippen molar-refractivity contribution in [1.29, 1.82) is 0 Å². The lowest BCUT2D eigenvalue weighted by Crippen LogP contribution is -2.26. The van der Waals surface area contributed by atoms with Crippen LogP contribution in [0.5, 0.6) is 0 Å². The van der Waals surface area contributed by atoms with Crippen molar-refractivity contribution in [3.05, 3.63) is 59.4 Å². The number of rotatable bonds is 5. The van der Waals surface area contributed by atoms with Crippen LogP contribution >= 0.6 is 23.4 Å². The Kier molecular flexibility index (Phi) is 5.24. The van der Waals surface area contributed by atoms with Crippen molar-refractivity contribution >= 4 is 29.3 Å². The first-order chi connectivity index (χ1) is 9.25. The Labute approximate surface area is 121 Å². The van der Waals surface area contributed by atoms with Gasteiger partial charge in [-0.05, 0) is 36.4 Å². The largest absolute Gasteiger partial charge is 0.350 e. The van der Waals surface area contributed by atoms with Crippen molar-refractivity contribution in [2.45, 2.75) is 4.90 Å². The van der Waals surface area contributed by atoms with Crippen LogP contribution in [0.2, 0.25) is 5.02 Å². The zero-order valence-electron chi connectivity index (χ0n) is 10.2. The van der Waals surface area contributed by atoms with Crippen LogP contribution in [0.15, 0.2) is 53.6 Å². The molecule has 19 heavy (non-hydrogen) atoms. The second-order valence-corrected chi connectivity index (χ2v) is 5.38. The number of carbonyl (C=O) groups is 1. The first-order valence-corrected chi connectivity index (χ1v) is 7.19. The number of halogens is 1. The summed E-state index contributed by atoms with van der Waals surface area (Å²) in [6.45, 7) is 0.600. The van der Waals surface area contributed by atoms with Crippen molar-refractivity contribution in [3.8, 4) is 0 Å². The summed E-state index contributed by atoms with van der Waals surface area (Å²) in [6, 6.07) is 12.9. The quantitative estimate of drug-likeness (QED) is 0.679. The highest BCUT2D eigenvalue weighted by atomic mass is 35.5. The highest BCUT2D eigenvalue weighted by Crippen LogP contribution is 2.19. The van der Waals surface area contributed by atoms with E-state index in [-0.39, 0.29) is 5.91 Å². The molecule has 0 radical (unpaired) electrons. The molecule has 3 nitrogen and oxygen atoms in total. The summed E-state index contributed by atoms with van der Waals surface area (Å²) in [7, 11) is 0. The number of nitrogens with zero attached hydrogens (tertiary/aromatic N) is 1. The van der Waals surface area contributed by atoms with E-state index in [2.05, 4.69) is 10.3 Å². The third kappa shape index (κ3) is 4.58. The second kappa shape index (κ2) is 7.16. The van der Waals surface area contributed by atoms with E-state index in [1.54, 1.807) is 36.2 Å². The fourth-order valence-electron chi connectivity index (χ4n) is 1.45. The first-order valence-electron chi connectivity index (χ1n) is 5.83.